The molecule has 0 heterocycles. The van der Waals surface area contributed by atoms with Crippen molar-refractivity contribution in [3.05, 3.63) is 57.1 Å². The van der Waals surface area contributed by atoms with Gasteiger partial charge in [0.1, 0.15) is 0 Å². The summed E-state index contributed by atoms with van der Waals surface area (Å²) >= 11 is 5.94. The van der Waals surface area contributed by atoms with Gasteiger partial charge in [0.25, 0.3) is 5.69 Å². The number of hydrogen-bond donors (Lipinski definition) is 3. The van der Waals surface area contributed by atoms with Gasteiger partial charge in [0.05, 0.1) is 10.6 Å². The summed E-state index contributed by atoms with van der Waals surface area (Å²) in [6.07, 6.45) is 0. The third-order valence-electron chi connectivity index (χ3n) is 2.77. The molecule has 0 saturated heterocycles. The SMILES string of the molecule is Cc1ccc(Cl)cc1Nc1cc(NN)cc([N+](=O)[O-])c1. The number of nitrogens with two attached hydrogens (primary N) is 1. The summed E-state index contributed by atoms with van der Waals surface area (Å²) in [5.74, 6) is 5.31. The lowest BCUT2D eigenvalue weighted by atomic mass is 10.2. The van der Waals surface area contributed by atoms with Gasteiger partial charge in [-0.15, -0.1) is 0 Å². The molecule has 7 heteroatoms. The van der Waals surface area contributed by atoms with Crippen LogP contribution in [0.2, 0.25) is 5.02 Å². The molecule has 0 atom stereocenters. The molecule has 0 radical (unpaired) electrons. The minimum atomic E-state index is -0.475. The second-order valence-corrected chi connectivity index (χ2v) is 4.69. The summed E-state index contributed by atoms with van der Waals surface area (Å²) in [6, 6.07) is 9.86. The molecule has 0 aromatic heterocycles. The first-order chi connectivity index (χ1) is 9.49. The molecule has 0 unspecified atom stereocenters. The van der Waals surface area contributed by atoms with Crippen molar-refractivity contribution in [1.82, 2.24) is 0 Å². The van der Waals surface area contributed by atoms with E-state index in [4.69, 9.17) is 17.4 Å². The fraction of sp³-hybridized carbons (Fsp3) is 0.0769. The number of nitro groups is 1. The van der Waals surface area contributed by atoms with Crippen molar-refractivity contribution in [2.75, 3.05) is 10.7 Å². The number of nitrogens with zero attached hydrogens (tertiary/aromatic N) is 1. The number of anilines is 3. The lowest BCUT2D eigenvalue weighted by Gasteiger charge is -2.11. The number of hydrazine groups is 1. The number of nitrogen functional groups attached to an aromatic ring is 1. The van der Waals surface area contributed by atoms with E-state index >= 15 is 0 Å². The molecule has 0 saturated carbocycles. The Bertz CT molecular complexity index is 661. The average Bonchev–Trinajstić information content (AvgIpc) is 2.42. The number of benzene rings is 2. The maximum Gasteiger partial charge on any atom is 0.273 e. The summed E-state index contributed by atoms with van der Waals surface area (Å²) in [4.78, 5) is 10.4. The second kappa shape index (κ2) is 5.77. The van der Waals surface area contributed by atoms with Gasteiger partial charge in [-0.2, -0.15) is 0 Å². The first-order valence-corrected chi connectivity index (χ1v) is 6.16. The third kappa shape index (κ3) is 3.17. The number of rotatable bonds is 4. The zero-order valence-corrected chi connectivity index (χ0v) is 11.4. The van der Waals surface area contributed by atoms with Crippen LogP contribution in [-0.4, -0.2) is 4.92 Å². The Kier molecular flexibility index (Phi) is 4.07. The molecular weight excluding hydrogens is 280 g/mol. The normalized spacial score (nSPS) is 10.2. The van der Waals surface area contributed by atoms with E-state index in [1.165, 1.54) is 12.1 Å². The molecule has 2 aromatic carbocycles. The molecule has 2 rings (SSSR count). The van der Waals surface area contributed by atoms with Crippen LogP contribution >= 0.6 is 11.6 Å². The number of hydrogen-bond acceptors (Lipinski definition) is 5. The number of nitrogens with one attached hydrogen (secondary N) is 2. The van der Waals surface area contributed by atoms with Crippen LogP contribution < -0.4 is 16.6 Å². The van der Waals surface area contributed by atoms with E-state index in [2.05, 4.69) is 10.7 Å². The molecule has 4 N–H and O–H groups in total. The highest BCUT2D eigenvalue weighted by Crippen LogP contribution is 2.29. The quantitative estimate of drug-likeness (QED) is 0.455. The molecule has 0 aliphatic heterocycles. The largest absolute Gasteiger partial charge is 0.355 e. The minimum Gasteiger partial charge on any atom is -0.355 e. The van der Waals surface area contributed by atoms with Crippen molar-refractivity contribution < 1.29 is 4.92 Å². The summed E-state index contributed by atoms with van der Waals surface area (Å²) < 4.78 is 0. The lowest BCUT2D eigenvalue weighted by molar-refractivity contribution is -0.384. The van der Waals surface area contributed by atoms with E-state index in [9.17, 15) is 10.1 Å². The van der Waals surface area contributed by atoms with Crippen LogP contribution in [0, 0.1) is 17.0 Å². The second-order valence-electron chi connectivity index (χ2n) is 4.25. The van der Waals surface area contributed by atoms with Gasteiger partial charge in [0, 0.05) is 28.5 Å². The molecule has 0 aliphatic rings. The van der Waals surface area contributed by atoms with E-state index in [1.807, 2.05) is 13.0 Å². The van der Waals surface area contributed by atoms with Crippen molar-refractivity contribution in [1.29, 1.82) is 0 Å². The van der Waals surface area contributed by atoms with E-state index in [1.54, 1.807) is 18.2 Å². The molecule has 0 amide bonds. The predicted octanol–water partition coefficient (Wildman–Crippen LogP) is 3.59. The van der Waals surface area contributed by atoms with Crippen LogP contribution in [0.25, 0.3) is 0 Å². The molecular formula is C13H13ClN4O2. The van der Waals surface area contributed by atoms with Crippen molar-refractivity contribution in [3.8, 4) is 0 Å². The average molecular weight is 293 g/mol. The van der Waals surface area contributed by atoms with Crippen LogP contribution in [0.3, 0.4) is 0 Å². The highest BCUT2D eigenvalue weighted by molar-refractivity contribution is 6.30. The predicted molar refractivity (Wildman–Crippen MR) is 80.4 cm³/mol. The zero-order chi connectivity index (χ0) is 14.7. The van der Waals surface area contributed by atoms with Gasteiger partial charge < -0.3 is 10.7 Å². The van der Waals surface area contributed by atoms with Crippen LogP contribution in [-0.2, 0) is 0 Å². The number of nitro benzene ring substituents is 1. The van der Waals surface area contributed by atoms with Gasteiger partial charge in [-0.1, -0.05) is 17.7 Å². The Morgan fingerprint density at radius 2 is 1.90 bits per heavy atom. The molecule has 0 fully saturated rings. The van der Waals surface area contributed by atoms with Crippen LogP contribution in [0.4, 0.5) is 22.7 Å². The molecule has 20 heavy (non-hydrogen) atoms. The van der Waals surface area contributed by atoms with Crippen LogP contribution in [0.5, 0.6) is 0 Å². The monoisotopic (exact) mass is 292 g/mol. The van der Waals surface area contributed by atoms with Crippen LogP contribution in [0.1, 0.15) is 5.56 Å². The van der Waals surface area contributed by atoms with Crippen molar-refractivity contribution >= 4 is 34.4 Å². The first kappa shape index (κ1) is 14.1. The molecule has 104 valence electrons. The highest BCUT2D eigenvalue weighted by Gasteiger charge is 2.10. The minimum absolute atomic E-state index is 0.0531. The van der Waals surface area contributed by atoms with E-state index in [0.717, 1.165) is 11.3 Å². The zero-order valence-electron chi connectivity index (χ0n) is 10.7. The maximum absolute atomic E-state index is 10.9. The lowest BCUT2D eigenvalue weighted by Crippen LogP contribution is -2.07. The van der Waals surface area contributed by atoms with Crippen molar-refractivity contribution in [2.45, 2.75) is 6.92 Å². The summed E-state index contributed by atoms with van der Waals surface area (Å²) in [7, 11) is 0. The Hall–Kier alpha value is -2.31. The number of halogens is 1. The standard InChI is InChI=1S/C13H13ClN4O2/c1-8-2-3-9(14)4-13(8)16-10-5-11(17-15)7-12(6-10)18(19)20/h2-7,16-17H,15H2,1H3. The van der Waals surface area contributed by atoms with Crippen molar-refractivity contribution in [3.63, 3.8) is 0 Å². The number of non-ortho nitro benzene ring substituents is 1. The summed E-state index contributed by atoms with van der Waals surface area (Å²) in [6.45, 7) is 1.91. The molecule has 0 bridgehead atoms. The van der Waals surface area contributed by atoms with E-state index in [-0.39, 0.29) is 5.69 Å². The molecule has 6 nitrogen and oxygen atoms in total. The maximum atomic E-state index is 10.9. The Balaban J connectivity index is 2.39. The van der Waals surface area contributed by atoms with E-state index in [0.29, 0.717) is 16.4 Å². The van der Waals surface area contributed by atoms with Gasteiger partial charge in [-0.05, 0) is 30.7 Å². The van der Waals surface area contributed by atoms with Gasteiger partial charge in [0.15, 0.2) is 0 Å². The fourth-order valence-electron chi connectivity index (χ4n) is 1.76. The molecule has 0 aliphatic carbocycles. The summed E-state index contributed by atoms with van der Waals surface area (Å²) in [5.41, 5.74) is 5.10. The number of aryl methyl sites for hydroxylation is 1. The first-order valence-electron chi connectivity index (χ1n) is 5.79. The Labute approximate surface area is 120 Å². The summed E-state index contributed by atoms with van der Waals surface area (Å²) in [5, 5.41) is 14.6. The topological polar surface area (TPSA) is 93.2 Å². The Morgan fingerprint density at radius 3 is 2.55 bits per heavy atom. The van der Waals surface area contributed by atoms with Gasteiger partial charge in [-0.3, -0.25) is 16.0 Å². The Morgan fingerprint density at radius 1 is 1.20 bits per heavy atom. The third-order valence-corrected chi connectivity index (χ3v) is 3.01. The highest BCUT2D eigenvalue weighted by atomic mass is 35.5. The van der Waals surface area contributed by atoms with Gasteiger partial charge in [-0.25, -0.2) is 0 Å². The van der Waals surface area contributed by atoms with E-state index < -0.39 is 4.92 Å². The van der Waals surface area contributed by atoms with Crippen molar-refractivity contribution in [2.24, 2.45) is 5.84 Å². The molecule has 0 spiro atoms. The van der Waals surface area contributed by atoms with Gasteiger partial charge in [0.2, 0.25) is 0 Å². The fourth-order valence-corrected chi connectivity index (χ4v) is 1.93. The smallest absolute Gasteiger partial charge is 0.273 e. The van der Waals surface area contributed by atoms with Crippen LogP contribution in [0.15, 0.2) is 36.4 Å². The van der Waals surface area contributed by atoms with Gasteiger partial charge >= 0.3 is 0 Å². The molecule has 2 aromatic rings.